The monoisotopic (exact) mass is 311 g/mol. The van der Waals surface area contributed by atoms with Gasteiger partial charge in [0.05, 0.1) is 6.04 Å². The van der Waals surface area contributed by atoms with E-state index >= 15 is 0 Å². The number of nitrogens with one attached hydrogen (secondary N) is 1. The zero-order valence-corrected chi connectivity index (χ0v) is 11.3. The van der Waals surface area contributed by atoms with Gasteiger partial charge in [-0.1, -0.05) is 28.1 Å². The first kappa shape index (κ1) is 13.0. The molecule has 94 valence electrons. The maximum Gasteiger partial charge on any atom is 0.164 e. The van der Waals surface area contributed by atoms with Crippen molar-refractivity contribution in [3.63, 3.8) is 0 Å². The minimum Gasteiger partial charge on any atom is -0.378 e. The van der Waals surface area contributed by atoms with Gasteiger partial charge < -0.3 is 5.32 Å². The Morgan fingerprint density at radius 2 is 1.72 bits per heavy atom. The Morgan fingerprint density at radius 1 is 1.06 bits per heavy atom. The van der Waals surface area contributed by atoms with Crippen LogP contribution in [0, 0.1) is 11.6 Å². The molecular weight excluding hydrogens is 300 g/mol. The van der Waals surface area contributed by atoms with Crippen molar-refractivity contribution < 1.29 is 8.78 Å². The maximum absolute atomic E-state index is 13.6. The second kappa shape index (κ2) is 5.48. The minimum absolute atomic E-state index is 0.304. The highest BCUT2D eigenvalue weighted by atomic mass is 79.9. The molecule has 0 bridgehead atoms. The van der Waals surface area contributed by atoms with Gasteiger partial charge >= 0.3 is 0 Å². The molecule has 2 aromatic carbocycles. The lowest BCUT2D eigenvalue weighted by molar-refractivity contribution is 0.494. The number of anilines is 1. The summed E-state index contributed by atoms with van der Waals surface area (Å²) in [7, 11) is 0. The molecule has 2 rings (SSSR count). The van der Waals surface area contributed by atoms with Crippen molar-refractivity contribution >= 4 is 21.6 Å². The second-order valence-corrected chi connectivity index (χ2v) is 4.93. The number of benzene rings is 2. The molecule has 0 aliphatic carbocycles. The van der Waals surface area contributed by atoms with Gasteiger partial charge in [0.25, 0.3) is 0 Å². The third-order valence-electron chi connectivity index (χ3n) is 2.68. The Labute approximate surface area is 113 Å². The summed E-state index contributed by atoms with van der Waals surface area (Å²) in [5.74, 6) is -1.62. The molecule has 0 saturated carbocycles. The minimum atomic E-state index is -0.822. The fraction of sp³-hybridized carbons (Fsp3) is 0.143. The van der Waals surface area contributed by atoms with E-state index in [1.165, 1.54) is 6.07 Å². The smallest absolute Gasteiger partial charge is 0.164 e. The van der Waals surface area contributed by atoms with Gasteiger partial charge in [-0.25, -0.2) is 8.78 Å². The molecule has 1 unspecified atom stereocenters. The molecule has 4 heteroatoms. The second-order valence-electron chi connectivity index (χ2n) is 4.02. The topological polar surface area (TPSA) is 12.0 Å². The summed E-state index contributed by atoms with van der Waals surface area (Å²) in [6, 6.07) is 11.4. The molecule has 0 amide bonds. The molecule has 0 saturated heterocycles. The van der Waals surface area contributed by atoms with Crippen LogP contribution in [0.4, 0.5) is 14.5 Å². The van der Waals surface area contributed by atoms with E-state index in [0.717, 1.165) is 16.2 Å². The molecule has 1 nitrogen and oxygen atoms in total. The van der Waals surface area contributed by atoms with Gasteiger partial charge in [-0.15, -0.1) is 0 Å². The van der Waals surface area contributed by atoms with Crippen molar-refractivity contribution in [1.82, 2.24) is 0 Å². The SMILES string of the molecule is CC(Nc1ccc(Br)cc1)c1cccc(F)c1F. The lowest BCUT2D eigenvalue weighted by atomic mass is 10.1. The maximum atomic E-state index is 13.6. The summed E-state index contributed by atoms with van der Waals surface area (Å²) >= 11 is 3.34. The van der Waals surface area contributed by atoms with Crippen LogP contribution in [0.5, 0.6) is 0 Å². The van der Waals surface area contributed by atoms with Crippen molar-refractivity contribution in [1.29, 1.82) is 0 Å². The van der Waals surface area contributed by atoms with Gasteiger partial charge in [-0.3, -0.25) is 0 Å². The molecule has 0 heterocycles. The molecule has 0 fully saturated rings. The van der Waals surface area contributed by atoms with Gasteiger partial charge in [0.2, 0.25) is 0 Å². The Hall–Kier alpha value is -1.42. The van der Waals surface area contributed by atoms with Gasteiger partial charge in [0.15, 0.2) is 11.6 Å². The molecule has 1 atom stereocenters. The van der Waals surface area contributed by atoms with Crippen LogP contribution in [0.1, 0.15) is 18.5 Å². The summed E-state index contributed by atoms with van der Waals surface area (Å²) in [6.07, 6.45) is 0. The van der Waals surface area contributed by atoms with Crippen molar-refractivity contribution in [2.75, 3.05) is 5.32 Å². The highest BCUT2D eigenvalue weighted by Gasteiger charge is 2.13. The third kappa shape index (κ3) is 2.88. The number of hydrogen-bond donors (Lipinski definition) is 1. The Bertz CT molecular complexity index is 540. The molecule has 1 N–H and O–H groups in total. The normalized spacial score (nSPS) is 12.2. The van der Waals surface area contributed by atoms with Crippen LogP contribution in [0.3, 0.4) is 0 Å². The van der Waals surface area contributed by atoms with Gasteiger partial charge in [0, 0.05) is 15.7 Å². The number of halogens is 3. The van der Waals surface area contributed by atoms with Crippen LogP contribution in [0.25, 0.3) is 0 Å². The van der Waals surface area contributed by atoms with Crippen LogP contribution in [-0.2, 0) is 0 Å². The summed E-state index contributed by atoms with van der Waals surface area (Å²) in [4.78, 5) is 0. The van der Waals surface area contributed by atoms with Gasteiger partial charge in [0.1, 0.15) is 0 Å². The highest BCUT2D eigenvalue weighted by Crippen LogP contribution is 2.23. The van der Waals surface area contributed by atoms with E-state index in [-0.39, 0.29) is 6.04 Å². The summed E-state index contributed by atoms with van der Waals surface area (Å²) in [6.45, 7) is 1.79. The van der Waals surface area contributed by atoms with Crippen LogP contribution in [-0.4, -0.2) is 0 Å². The summed E-state index contributed by atoms with van der Waals surface area (Å²) in [5.41, 5.74) is 1.17. The predicted molar refractivity (Wildman–Crippen MR) is 72.5 cm³/mol. The third-order valence-corrected chi connectivity index (χ3v) is 3.20. The predicted octanol–water partition coefficient (Wildman–Crippen LogP) is 4.90. The van der Waals surface area contributed by atoms with Crippen LogP contribution >= 0.6 is 15.9 Å². The van der Waals surface area contributed by atoms with Crippen molar-refractivity contribution in [3.05, 3.63) is 64.1 Å². The van der Waals surface area contributed by atoms with Crippen molar-refractivity contribution in [3.8, 4) is 0 Å². The molecule has 2 aromatic rings. The van der Waals surface area contributed by atoms with E-state index < -0.39 is 11.6 Å². The Kier molecular flexibility index (Phi) is 3.97. The summed E-state index contributed by atoms with van der Waals surface area (Å²) < 4.78 is 27.7. The van der Waals surface area contributed by atoms with E-state index in [0.29, 0.717) is 5.56 Å². The van der Waals surface area contributed by atoms with Crippen molar-refractivity contribution in [2.24, 2.45) is 0 Å². The molecule has 0 aromatic heterocycles. The largest absolute Gasteiger partial charge is 0.378 e. The lowest BCUT2D eigenvalue weighted by Gasteiger charge is -2.16. The molecule has 18 heavy (non-hydrogen) atoms. The first-order valence-electron chi connectivity index (χ1n) is 5.54. The first-order chi connectivity index (χ1) is 8.58. The zero-order chi connectivity index (χ0) is 13.1. The zero-order valence-electron chi connectivity index (χ0n) is 9.75. The first-order valence-corrected chi connectivity index (χ1v) is 6.33. The standard InChI is InChI=1S/C14H12BrF2N/c1-9(12-3-2-4-13(16)14(12)17)18-11-7-5-10(15)6-8-11/h2-9,18H,1H3. The molecule has 0 aliphatic rings. The highest BCUT2D eigenvalue weighted by molar-refractivity contribution is 9.10. The average molecular weight is 312 g/mol. The van der Waals surface area contributed by atoms with E-state index in [4.69, 9.17) is 0 Å². The fourth-order valence-electron chi connectivity index (χ4n) is 1.73. The molecular formula is C14H12BrF2N. The van der Waals surface area contributed by atoms with Gasteiger partial charge in [-0.2, -0.15) is 0 Å². The Morgan fingerprint density at radius 3 is 2.39 bits per heavy atom. The molecule has 0 spiro atoms. The quantitative estimate of drug-likeness (QED) is 0.850. The molecule has 0 radical (unpaired) electrons. The number of hydrogen-bond acceptors (Lipinski definition) is 1. The van der Waals surface area contributed by atoms with Crippen LogP contribution < -0.4 is 5.32 Å². The van der Waals surface area contributed by atoms with Crippen LogP contribution in [0.2, 0.25) is 0 Å². The molecule has 0 aliphatic heterocycles. The number of rotatable bonds is 3. The average Bonchev–Trinajstić information content (AvgIpc) is 2.35. The van der Waals surface area contributed by atoms with E-state index in [9.17, 15) is 8.78 Å². The van der Waals surface area contributed by atoms with E-state index in [2.05, 4.69) is 21.2 Å². The van der Waals surface area contributed by atoms with Crippen molar-refractivity contribution in [2.45, 2.75) is 13.0 Å². The Balaban J connectivity index is 2.19. The van der Waals surface area contributed by atoms with E-state index in [1.54, 1.807) is 13.0 Å². The lowest BCUT2D eigenvalue weighted by Crippen LogP contribution is -2.09. The van der Waals surface area contributed by atoms with Crippen LogP contribution in [0.15, 0.2) is 46.9 Å². The van der Waals surface area contributed by atoms with Gasteiger partial charge in [-0.05, 0) is 37.3 Å². The fourth-order valence-corrected chi connectivity index (χ4v) is 1.99. The van der Waals surface area contributed by atoms with E-state index in [1.807, 2.05) is 24.3 Å². The summed E-state index contributed by atoms with van der Waals surface area (Å²) in [5, 5.41) is 3.13.